The second-order valence-corrected chi connectivity index (χ2v) is 2.14. The maximum atomic E-state index is 3.55. The van der Waals surface area contributed by atoms with Crippen LogP contribution in [0.4, 0.5) is 0 Å². The highest BCUT2D eigenvalue weighted by Gasteiger charge is 1.95. The van der Waals surface area contributed by atoms with Gasteiger partial charge < -0.3 is 0 Å². The molecular weight excluding hydrogens is 96.1 g/mol. The Hall–Kier alpha value is -0.260. The van der Waals surface area contributed by atoms with Crippen molar-refractivity contribution in [3.8, 4) is 0 Å². The van der Waals surface area contributed by atoms with Crippen molar-refractivity contribution in [2.75, 3.05) is 0 Å². The third-order valence-electron chi connectivity index (χ3n) is 0.846. The monoisotopic (exact) mass is 112 g/mol. The molecule has 0 radical (unpaired) electrons. The third kappa shape index (κ3) is 17.2. The average molecular weight is 112 g/mol. The first-order valence-electron chi connectivity index (χ1n) is 3.52. The zero-order valence-corrected chi connectivity index (χ0v) is 5.82. The van der Waals surface area contributed by atoms with E-state index in [-0.39, 0.29) is 0 Å². The first-order chi connectivity index (χ1) is 3.91. The Morgan fingerprint density at radius 1 is 1.38 bits per heavy atom. The number of rotatable bonds is 2. The smallest absolute Gasteiger partial charge is 0.0356 e. The summed E-state index contributed by atoms with van der Waals surface area (Å²) in [4.78, 5) is 0. The molecule has 1 aliphatic rings. The molecule has 0 N–H and O–H groups in total. The van der Waals surface area contributed by atoms with Gasteiger partial charge in [-0.25, -0.2) is 0 Å². The molecule has 0 atom stereocenters. The van der Waals surface area contributed by atoms with Crippen LogP contribution in [-0.2, 0) is 0 Å². The van der Waals surface area contributed by atoms with E-state index in [4.69, 9.17) is 0 Å². The molecule has 0 bridgehead atoms. The van der Waals surface area contributed by atoms with Gasteiger partial charge in [0.05, 0.1) is 0 Å². The first kappa shape index (κ1) is 7.74. The maximum Gasteiger partial charge on any atom is -0.0356 e. The van der Waals surface area contributed by atoms with Gasteiger partial charge >= 0.3 is 0 Å². The molecule has 0 aliphatic heterocycles. The normalized spacial score (nSPS) is 13.6. The summed E-state index contributed by atoms with van der Waals surface area (Å²) in [6.45, 7) is 5.69. The molecule has 0 aromatic rings. The minimum absolute atomic E-state index is 1.15. The highest BCUT2D eigenvalue weighted by molar-refractivity contribution is 4.63. The summed E-state index contributed by atoms with van der Waals surface area (Å²) in [5.41, 5.74) is 0. The number of allylic oxidation sites excluding steroid dienone is 1. The minimum atomic E-state index is 1.15. The van der Waals surface area contributed by atoms with E-state index in [2.05, 4.69) is 13.5 Å². The van der Waals surface area contributed by atoms with E-state index in [1.165, 1.54) is 25.7 Å². The van der Waals surface area contributed by atoms with Crippen LogP contribution in [0.5, 0.6) is 0 Å². The third-order valence-corrected chi connectivity index (χ3v) is 0.846. The zero-order chi connectivity index (χ0) is 6.24. The van der Waals surface area contributed by atoms with Crippen molar-refractivity contribution in [3.05, 3.63) is 12.7 Å². The van der Waals surface area contributed by atoms with Crippen molar-refractivity contribution in [1.29, 1.82) is 0 Å². The Morgan fingerprint density at radius 2 is 1.88 bits per heavy atom. The Labute approximate surface area is 52.6 Å². The van der Waals surface area contributed by atoms with Crippen LogP contribution in [-0.4, -0.2) is 0 Å². The van der Waals surface area contributed by atoms with E-state index < -0.39 is 0 Å². The van der Waals surface area contributed by atoms with E-state index in [1.54, 1.807) is 0 Å². The summed E-state index contributed by atoms with van der Waals surface area (Å²) in [5, 5.41) is 0. The summed E-state index contributed by atoms with van der Waals surface area (Å²) < 4.78 is 0. The Bertz CT molecular complexity index is 41.2. The van der Waals surface area contributed by atoms with Crippen molar-refractivity contribution in [2.24, 2.45) is 0 Å². The van der Waals surface area contributed by atoms with Gasteiger partial charge in [-0.2, -0.15) is 0 Å². The molecule has 0 spiro atoms. The van der Waals surface area contributed by atoms with Gasteiger partial charge in [0.1, 0.15) is 0 Å². The predicted molar refractivity (Wildman–Crippen MR) is 39.0 cm³/mol. The lowest BCUT2D eigenvalue weighted by Crippen LogP contribution is -1.52. The van der Waals surface area contributed by atoms with E-state index in [0.717, 1.165) is 6.42 Å². The predicted octanol–water partition coefficient (Wildman–Crippen LogP) is 3.14. The lowest BCUT2D eigenvalue weighted by molar-refractivity contribution is 0.961. The molecule has 0 heterocycles. The van der Waals surface area contributed by atoms with Crippen molar-refractivity contribution in [1.82, 2.24) is 0 Å². The molecule has 0 unspecified atom stereocenters. The lowest BCUT2D eigenvalue weighted by atomic mass is 10.3. The fourth-order valence-corrected chi connectivity index (χ4v) is 0.204. The first-order valence-corrected chi connectivity index (χ1v) is 3.52. The van der Waals surface area contributed by atoms with Crippen LogP contribution in [0.15, 0.2) is 12.7 Å². The fourth-order valence-electron chi connectivity index (χ4n) is 0.204. The van der Waals surface area contributed by atoms with Crippen LogP contribution < -0.4 is 0 Å². The van der Waals surface area contributed by atoms with Crippen LogP contribution in [0.2, 0.25) is 0 Å². The lowest BCUT2D eigenvalue weighted by Gasteiger charge is -1.72. The van der Waals surface area contributed by atoms with E-state index >= 15 is 0 Å². The largest absolute Gasteiger partial charge is 0.103 e. The summed E-state index contributed by atoms with van der Waals surface area (Å²) >= 11 is 0. The summed E-state index contributed by atoms with van der Waals surface area (Å²) in [6, 6.07) is 0. The quantitative estimate of drug-likeness (QED) is 0.481. The molecule has 8 heavy (non-hydrogen) atoms. The molecule has 0 heteroatoms. The van der Waals surface area contributed by atoms with Crippen LogP contribution in [0.3, 0.4) is 0 Å². The summed E-state index contributed by atoms with van der Waals surface area (Å²) in [7, 11) is 0. The van der Waals surface area contributed by atoms with Gasteiger partial charge in [0.2, 0.25) is 0 Å². The van der Waals surface area contributed by atoms with E-state index in [9.17, 15) is 0 Å². The van der Waals surface area contributed by atoms with Crippen LogP contribution in [0, 0.1) is 0 Å². The van der Waals surface area contributed by atoms with Gasteiger partial charge in [0, 0.05) is 0 Å². The van der Waals surface area contributed by atoms with E-state index in [1.807, 2.05) is 6.08 Å². The Kier molecular flexibility index (Phi) is 6.52. The highest BCUT2D eigenvalue weighted by Crippen LogP contribution is 2.14. The zero-order valence-electron chi connectivity index (χ0n) is 5.82. The molecule has 0 nitrogen and oxygen atoms in total. The second-order valence-electron chi connectivity index (χ2n) is 2.14. The fraction of sp³-hybridized carbons (Fsp3) is 0.750. The van der Waals surface area contributed by atoms with Crippen molar-refractivity contribution in [3.63, 3.8) is 0 Å². The number of hydrogen-bond donors (Lipinski definition) is 0. The van der Waals surface area contributed by atoms with Gasteiger partial charge in [0.25, 0.3) is 0 Å². The Morgan fingerprint density at radius 3 is 1.88 bits per heavy atom. The molecule has 1 rings (SSSR count). The van der Waals surface area contributed by atoms with Gasteiger partial charge in [0.15, 0.2) is 0 Å². The van der Waals surface area contributed by atoms with Gasteiger partial charge in [-0.1, -0.05) is 38.7 Å². The van der Waals surface area contributed by atoms with Crippen molar-refractivity contribution >= 4 is 0 Å². The highest BCUT2D eigenvalue weighted by atomic mass is 14.0. The molecule has 1 fully saturated rings. The molecule has 1 aliphatic carbocycles. The molecule has 0 aromatic heterocycles. The molecule has 0 aromatic carbocycles. The van der Waals surface area contributed by atoms with Gasteiger partial charge in [-0.15, -0.1) is 6.58 Å². The van der Waals surface area contributed by atoms with Crippen LogP contribution >= 0.6 is 0 Å². The van der Waals surface area contributed by atoms with Gasteiger partial charge in [-0.3, -0.25) is 0 Å². The molecule has 48 valence electrons. The standard InChI is InChI=1S/C5H10.C3H6/c1-3-5-4-2;1-2-3-1/h3H,1,4-5H2,2H3;1-3H2. The molecular formula is C8H16. The van der Waals surface area contributed by atoms with Crippen molar-refractivity contribution < 1.29 is 0 Å². The van der Waals surface area contributed by atoms with Crippen molar-refractivity contribution in [2.45, 2.75) is 39.0 Å². The van der Waals surface area contributed by atoms with Gasteiger partial charge in [-0.05, 0) is 6.42 Å². The molecule has 1 saturated carbocycles. The summed E-state index contributed by atoms with van der Waals surface area (Å²) in [6.07, 6.45) is 8.81. The van der Waals surface area contributed by atoms with Crippen LogP contribution in [0.25, 0.3) is 0 Å². The topological polar surface area (TPSA) is 0 Å². The minimum Gasteiger partial charge on any atom is -0.103 e. The molecule has 0 saturated heterocycles. The number of unbranched alkanes of at least 4 members (excludes halogenated alkanes) is 1. The average Bonchev–Trinajstić information content (AvgIpc) is 2.50. The number of hydrogen-bond acceptors (Lipinski definition) is 0. The van der Waals surface area contributed by atoms with E-state index in [0.29, 0.717) is 0 Å². The SMILES string of the molecule is C1CC1.C=CCCC. The Balaban J connectivity index is 0.000000135. The molecule has 0 amide bonds. The summed E-state index contributed by atoms with van der Waals surface area (Å²) in [5.74, 6) is 0. The maximum absolute atomic E-state index is 3.55. The second kappa shape index (κ2) is 6.74. The van der Waals surface area contributed by atoms with Crippen LogP contribution in [0.1, 0.15) is 39.0 Å².